The van der Waals surface area contributed by atoms with Crippen molar-refractivity contribution in [2.45, 2.75) is 32.7 Å². The minimum Gasteiger partial charge on any atom is -0.314 e. The lowest BCUT2D eigenvalue weighted by atomic mass is 10.1. The average Bonchev–Trinajstić information content (AvgIpc) is 2.18. The molecule has 2 heteroatoms. The van der Waals surface area contributed by atoms with Crippen LogP contribution in [-0.4, -0.2) is 12.6 Å². The lowest BCUT2D eigenvalue weighted by molar-refractivity contribution is 0.543. The molecule has 0 aliphatic rings. The molecule has 0 heterocycles. The topological polar surface area (TPSA) is 12.0 Å². The molecule has 0 fully saturated rings. The Morgan fingerprint density at radius 3 is 2.50 bits per heavy atom. The monoisotopic (exact) mass is 255 g/mol. The molecule has 1 nitrogen and oxygen atoms in total. The van der Waals surface area contributed by atoms with Crippen LogP contribution in [0.2, 0.25) is 0 Å². The van der Waals surface area contributed by atoms with Crippen LogP contribution in [0.4, 0.5) is 0 Å². The fourth-order valence-electron chi connectivity index (χ4n) is 1.44. The van der Waals surface area contributed by atoms with E-state index in [-0.39, 0.29) is 0 Å². The summed E-state index contributed by atoms with van der Waals surface area (Å²) in [6.45, 7) is 5.54. The van der Waals surface area contributed by atoms with Gasteiger partial charge in [0.15, 0.2) is 0 Å². The van der Waals surface area contributed by atoms with E-state index in [1.165, 1.54) is 12.0 Å². The van der Waals surface area contributed by atoms with E-state index >= 15 is 0 Å². The van der Waals surface area contributed by atoms with Gasteiger partial charge in [-0.25, -0.2) is 0 Å². The van der Waals surface area contributed by atoms with E-state index in [1.807, 2.05) is 0 Å². The van der Waals surface area contributed by atoms with E-state index in [4.69, 9.17) is 0 Å². The maximum Gasteiger partial charge on any atom is 0.0175 e. The van der Waals surface area contributed by atoms with Gasteiger partial charge in [0.2, 0.25) is 0 Å². The molecule has 14 heavy (non-hydrogen) atoms. The third-order valence-corrected chi connectivity index (χ3v) is 2.73. The first-order valence-electron chi connectivity index (χ1n) is 5.20. The summed E-state index contributed by atoms with van der Waals surface area (Å²) in [5, 5.41) is 3.48. The van der Waals surface area contributed by atoms with Crippen LogP contribution in [0.1, 0.15) is 25.8 Å². The largest absolute Gasteiger partial charge is 0.314 e. The lowest BCUT2D eigenvalue weighted by Gasteiger charge is -2.12. The molecule has 1 rings (SSSR count). The van der Waals surface area contributed by atoms with Crippen LogP contribution >= 0.6 is 15.9 Å². The molecule has 78 valence electrons. The molecular formula is C12H18BrN. The van der Waals surface area contributed by atoms with E-state index in [9.17, 15) is 0 Å². The quantitative estimate of drug-likeness (QED) is 0.851. The van der Waals surface area contributed by atoms with Gasteiger partial charge < -0.3 is 5.32 Å². The number of halogens is 1. The van der Waals surface area contributed by atoms with Gasteiger partial charge in [0.05, 0.1) is 0 Å². The van der Waals surface area contributed by atoms with Crippen molar-refractivity contribution in [1.29, 1.82) is 0 Å². The van der Waals surface area contributed by atoms with Gasteiger partial charge in [-0.1, -0.05) is 35.0 Å². The Labute approximate surface area is 95.0 Å². The van der Waals surface area contributed by atoms with Gasteiger partial charge >= 0.3 is 0 Å². The minimum absolute atomic E-state index is 0.566. The van der Waals surface area contributed by atoms with Crippen molar-refractivity contribution >= 4 is 15.9 Å². The summed E-state index contributed by atoms with van der Waals surface area (Å²) in [4.78, 5) is 0. The maximum atomic E-state index is 3.48. The zero-order valence-electron chi connectivity index (χ0n) is 8.89. The Kier molecular flexibility index (Phi) is 5.20. The molecule has 0 saturated carbocycles. The Morgan fingerprint density at radius 2 is 1.93 bits per heavy atom. The van der Waals surface area contributed by atoms with Crippen molar-refractivity contribution < 1.29 is 0 Å². The molecule has 1 aromatic carbocycles. The van der Waals surface area contributed by atoms with E-state index in [2.05, 4.69) is 59.4 Å². The van der Waals surface area contributed by atoms with E-state index in [0.717, 1.165) is 17.4 Å². The van der Waals surface area contributed by atoms with Crippen molar-refractivity contribution in [2.75, 3.05) is 6.54 Å². The van der Waals surface area contributed by atoms with Crippen molar-refractivity contribution in [1.82, 2.24) is 5.32 Å². The number of rotatable bonds is 5. The lowest BCUT2D eigenvalue weighted by Crippen LogP contribution is -2.28. The number of nitrogens with one attached hydrogen (secondary N) is 1. The fraction of sp³-hybridized carbons (Fsp3) is 0.500. The summed E-state index contributed by atoms with van der Waals surface area (Å²) >= 11 is 3.44. The van der Waals surface area contributed by atoms with Crippen molar-refractivity contribution in [2.24, 2.45) is 0 Å². The molecule has 0 aliphatic carbocycles. The molecule has 0 aromatic heterocycles. The second-order valence-electron chi connectivity index (χ2n) is 3.69. The standard InChI is InChI=1S/C12H18BrN/c1-3-8-14-10(2)9-11-4-6-12(13)7-5-11/h4-7,10,14H,3,8-9H2,1-2H3. The zero-order chi connectivity index (χ0) is 10.4. The van der Waals surface area contributed by atoms with Gasteiger partial charge in [-0.3, -0.25) is 0 Å². The summed E-state index contributed by atoms with van der Waals surface area (Å²) in [6.07, 6.45) is 2.30. The van der Waals surface area contributed by atoms with E-state index < -0.39 is 0 Å². The average molecular weight is 256 g/mol. The van der Waals surface area contributed by atoms with Crippen LogP contribution in [0.5, 0.6) is 0 Å². The third-order valence-electron chi connectivity index (χ3n) is 2.20. The predicted molar refractivity (Wildman–Crippen MR) is 65.6 cm³/mol. The maximum absolute atomic E-state index is 3.48. The van der Waals surface area contributed by atoms with E-state index in [1.54, 1.807) is 0 Å². The van der Waals surface area contributed by atoms with E-state index in [0.29, 0.717) is 6.04 Å². The number of benzene rings is 1. The Morgan fingerprint density at radius 1 is 1.29 bits per heavy atom. The highest BCUT2D eigenvalue weighted by Crippen LogP contribution is 2.11. The third kappa shape index (κ3) is 4.25. The highest BCUT2D eigenvalue weighted by Gasteiger charge is 2.01. The van der Waals surface area contributed by atoms with Crippen LogP contribution in [0, 0.1) is 0 Å². The molecule has 0 amide bonds. The fourth-order valence-corrected chi connectivity index (χ4v) is 1.70. The van der Waals surface area contributed by atoms with Crippen LogP contribution < -0.4 is 5.32 Å². The van der Waals surface area contributed by atoms with Crippen molar-refractivity contribution in [3.63, 3.8) is 0 Å². The smallest absolute Gasteiger partial charge is 0.0175 e. The van der Waals surface area contributed by atoms with Crippen molar-refractivity contribution in [3.05, 3.63) is 34.3 Å². The Balaban J connectivity index is 2.39. The SMILES string of the molecule is CCCNC(C)Cc1ccc(Br)cc1. The van der Waals surface area contributed by atoms with Gasteiger partial charge in [0, 0.05) is 10.5 Å². The van der Waals surface area contributed by atoms with Gasteiger partial charge in [-0.2, -0.15) is 0 Å². The first-order chi connectivity index (χ1) is 6.72. The number of hydrogen-bond acceptors (Lipinski definition) is 1. The van der Waals surface area contributed by atoms with Crippen LogP contribution in [0.15, 0.2) is 28.7 Å². The van der Waals surface area contributed by atoms with Gasteiger partial charge in [-0.05, 0) is 44.0 Å². The highest BCUT2D eigenvalue weighted by atomic mass is 79.9. The highest BCUT2D eigenvalue weighted by molar-refractivity contribution is 9.10. The molecule has 1 atom stereocenters. The second-order valence-corrected chi connectivity index (χ2v) is 4.60. The molecule has 1 aromatic rings. The van der Waals surface area contributed by atoms with Crippen LogP contribution in [0.3, 0.4) is 0 Å². The van der Waals surface area contributed by atoms with Crippen LogP contribution in [-0.2, 0) is 6.42 Å². The molecule has 0 saturated heterocycles. The Hall–Kier alpha value is -0.340. The van der Waals surface area contributed by atoms with Gasteiger partial charge in [0.1, 0.15) is 0 Å². The Bertz CT molecular complexity index is 256. The van der Waals surface area contributed by atoms with Gasteiger partial charge in [-0.15, -0.1) is 0 Å². The molecule has 1 N–H and O–H groups in total. The molecule has 0 bridgehead atoms. The first kappa shape index (κ1) is 11.7. The molecule has 0 spiro atoms. The number of hydrogen-bond donors (Lipinski definition) is 1. The summed E-state index contributed by atoms with van der Waals surface area (Å²) in [5.74, 6) is 0. The van der Waals surface area contributed by atoms with Crippen molar-refractivity contribution in [3.8, 4) is 0 Å². The first-order valence-corrected chi connectivity index (χ1v) is 5.99. The van der Waals surface area contributed by atoms with Gasteiger partial charge in [0.25, 0.3) is 0 Å². The molecule has 0 aliphatic heterocycles. The summed E-state index contributed by atoms with van der Waals surface area (Å²) in [5.41, 5.74) is 1.39. The summed E-state index contributed by atoms with van der Waals surface area (Å²) in [6, 6.07) is 9.11. The zero-order valence-corrected chi connectivity index (χ0v) is 10.5. The molecular weight excluding hydrogens is 238 g/mol. The second kappa shape index (κ2) is 6.20. The molecule has 1 unspecified atom stereocenters. The predicted octanol–water partition coefficient (Wildman–Crippen LogP) is 3.38. The molecule has 0 radical (unpaired) electrons. The minimum atomic E-state index is 0.566. The summed E-state index contributed by atoms with van der Waals surface area (Å²) < 4.78 is 1.15. The van der Waals surface area contributed by atoms with Crippen LogP contribution in [0.25, 0.3) is 0 Å². The summed E-state index contributed by atoms with van der Waals surface area (Å²) in [7, 11) is 0. The normalized spacial score (nSPS) is 12.8.